The molecule has 2 aromatic rings. The van der Waals surface area contributed by atoms with Gasteiger partial charge in [-0.1, -0.05) is 0 Å². The summed E-state index contributed by atoms with van der Waals surface area (Å²) in [5.41, 5.74) is 2.36. The fourth-order valence-corrected chi connectivity index (χ4v) is 1.97. The maximum atomic E-state index is 11.2. The Bertz CT molecular complexity index is 628. The smallest absolute Gasteiger partial charge is 0.332 e. The lowest BCUT2D eigenvalue weighted by Gasteiger charge is -2.14. The van der Waals surface area contributed by atoms with Crippen molar-refractivity contribution < 1.29 is 9.34 Å². The van der Waals surface area contributed by atoms with E-state index < -0.39 is 4.92 Å². The average Bonchev–Trinajstić information content (AvgIpc) is 2.90. The summed E-state index contributed by atoms with van der Waals surface area (Å²) in [5.74, 6) is 6.29. The molecule has 4 N–H and O–H groups in total. The minimum Gasteiger partial charge on any atom is -0.469 e. The molecular formula is C12H16N6O3. The van der Waals surface area contributed by atoms with E-state index in [0.717, 1.165) is 5.76 Å². The molecule has 112 valence electrons. The number of nitrogens with one attached hydrogen (secondary N) is 2. The quantitative estimate of drug-likeness (QED) is 0.415. The van der Waals surface area contributed by atoms with E-state index in [1.165, 1.54) is 6.92 Å². The monoisotopic (exact) mass is 292 g/mol. The van der Waals surface area contributed by atoms with Crippen LogP contribution in [-0.4, -0.2) is 20.9 Å². The zero-order valence-electron chi connectivity index (χ0n) is 11.7. The van der Waals surface area contributed by atoms with Crippen LogP contribution in [0.3, 0.4) is 0 Å². The number of rotatable bonds is 6. The Morgan fingerprint density at radius 2 is 2.29 bits per heavy atom. The van der Waals surface area contributed by atoms with Gasteiger partial charge in [-0.2, -0.15) is 4.98 Å². The van der Waals surface area contributed by atoms with Gasteiger partial charge in [0.15, 0.2) is 0 Å². The number of hydrazine groups is 1. The standard InChI is InChI=1S/C12H16N6O3/c1-7(6-9-4-3-5-21-9)14-11-10(18(19)20)8(2)15-12(16-11)17-13/h3-5,7H,6,13H2,1-2H3,(H2,14,15,16,17). The summed E-state index contributed by atoms with van der Waals surface area (Å²) in [4.78, 5) is 18.6. The van der Waals surface area contributed by atoms with Gasteiger partial charge < -0.3 is 9.73 Å². The average molecular weight is 292 g/mol. The third-order valence-corrected chi connectivity index (χ3v) is 2.84. The summed E-state index contributed by atoms with van der Waals surface area (Å²) in [6.45, 7) is 3.41. The lowest BCUT2D eigenvalue weighted by molar-refractivity contribution is -0.385. The first-order chi connectivity index (χ1) is 10.0. The molecule has 0 amide bonds. The van der Waals surface area contributed by atoms with Crippen molar-refractivity contribution in [2.75, 3.05) is 10.7 Å². The van der Waals surface area contributed by atoms with Gasteiger partial charge in [0.05, 0.1) is 11.2 Å². The fourth-order valence-electron chi connectivity index (χ4n) is 1.97. The van der Waals surface area contributed by atoms with Crippen LogP contribution in [0, 0.1) is 17.0 Å². The molecule has 0 fully saturated rings. The van der Waals surface area contributed by atoms with Crippen LogP contribution in [0.15, 0.2) is 22.8 Å². The topological polar surface area (TPSA) is 132 Å². The van der Waals surface area contributed by atoms with Gasteiger partial charge in [-0.05, 0) is 26.0 Å². The van der Waals surface area contributed by atoms with Gasteiger partial charge in [-0.25, -0.2) is 10.8 Å². The second-order valence-corrected chi connectivity index (χ2v) is 4.56. The lowest BCUT2D eigenvalue weighted by atomic mass is 10.2. The van der Waals surface area contributed by atoms with E-state index in [9.17, 15) is 10.1 Å². The molecule has 0 aliphatic heterocycles. The normalized spacial score (nSPS) is 12.0. The van der Waals surface area contributed by atoms with Crippen molar-refractivity contribution in [3.8, 4) is 0 Å². The minimum atomic E-state index is -0.516. The van der Waals surface area contributed by atoms with Crippen molar-refractivity contribution in [1.82, 2.24) is 9.97 Å². The Kier molecular flexibility index (Phi) is 4.33. The lowest BCUT2D eigenvalue weighted by Crippen LogP contribution is -2.21. The highest BCUT2D eigenvalue weighted by Gasteiger charge is 2.23. The fraction of sp³-hybridized carbons (Fsp3) is 0.333. The van der Waals surface area contributed by atoms with E-state index in [2.05, 4.69) is 20.7 Å². The van der Waals surface area contributed by atoms with Crippen LogP contribution in [0.2, 0.25) is 0 Å². The molecule has 2 rings (SSSR count). The molecule has 1 atom stereocenters. The molecular weight excluding hydrogens is 276 g/mol. The highest BCUT2D eigenvalue weighted by atomic mass is 16.6. The zero-order valence-corrected chi connectivity index (χ0v) is 11.7. The van der Waals surface area contributed by atoms with E-state index in [1.54, 1.807) is 12.3 Å². The van der Waals surface area contributed by atoms with E-state index in [0.29, 0.717) is 6.42 Å². The number of aromatic nitrogens is 2. The second kappa shape index (κ2) is 6.18. The summed E-state index contributed by atoms with van der Waals surface area (Å²) < 4.78 is 5.25. The number of hydrogen-bond acceptors (Lipinski definition) is 8. The van der Waals surface area contributed by atoms with Gasteiger partial charge >= 0.3 is 5.69 Å². The first-order valence-corrected chi connectivity index (χ1v) is 6.29. The van der Waals surface area contributed by atoms with Crippen LogP contribution in [0.25, 0.3) is 0 Å². The first-order valence-electron chi connectivity index (χ1n) is 6.29. The third kappa shape index (κ3) is 3.45. The molecule has 0 radical (unpaired) electrons. The van der Waals surface area contributed by atoms with E-state index in [-0.39, 0.29) is 29.2 Å². The summed E-state index contributed by atoms with van der Waals surface area (Å²) in [7, 11) is 0. The predicted molar refractivity (Wildman–Crippen MR) is 76.7 cm³/mol. The molecule has 2 heterocycles. The molecule has 2 aromatic heterocycles. The molecule has 0 saturated carbocycles. The van der Waals surface area contributed by atoms with Crippen LogP contribution < -0.4 is 16.6 Å². The SMILES string of the molecule is Cc1nc(NN)nc(NC(C)Cc2ccco2)c1[N+](=O)[O-]. The Hall–Kier alpha value is -2.68. The third-order valence-electron chi connectivity index (χ3n) is 2.84. The largest absolute Gasteiger partial charge is 0.469 e. The van der Waals surface area contributed by atoms with Crippen molar-refractivity contribution in [3.05, 3.63) is 40.0 Å². The number of nitrogens with zero attached hydrogens (tertiary/aromatic N) is 3. The molecule has 9 nitrogen and oxygen atoms in total. The molecule has 21 heavy (non-hydrogen) atoms. The van der Waals surface area contributed by atoms with Gasteiger partial charge in [0.2, 0.25) is 11.8 Å². The molecule has 0 aliphatic carbocycles. The van der Waals surface area contributed by atoms with Crippen LogP contribution in [-0.2, 0) is 6.42 Å². The second-order valence-electron chi connectivity index (χ2n) is 4.56. The van der Waals surface area contributed by atoms with Crippen LogP contribution in [0.5, 0.6) is 0 Å². The summed E-state index contributed by atoms with van der Waals surface area (Å²) in [6.07, 6.45) is 2.15. The van der Waals surface area contributed by atoms with Crippen LogP contribution >= 0.6 is 0 Å². The molecule has 0 spiro atoms. The highest BCUT2D eigenvalue weighted by Crippen LogP contribution is 2.27. The highest BCUT2D eigenvalue weighted by molar-refractivity contribution is 5.61. The summed E-state index contributed by atoms with van der Waals surface area (Å²) in [6, 6.07) is 3.51. The molecule has 0 aliphatic rings. The van der Waals surface area contributed by atoms with Gasteiger partial charge in [0, 0.05) is 12.5 Å². The maximum Gasteiger partial charge on any atom is 0.332 e. The number of hydrogen-bond donors (Lipinski definition) is 3. The Morgan fingerprint density at radius 1 is 1.52 bits per heavy atom. The summed E-state index contributed by atoms with van der Waals surface area (Å²) in [5, 5.41) is 14.2. The molecule has 1 unspecified atom stereocenters. The van der Waals surface area contributed by atoms with Gasteiger partial charge in [-0.3, -0.25) is 15.5 Å². The summed E-state index contributed by atoms with van der Waals surface area (Å²) >= 11 is 0. The number of nitro groups is 1. The number of aryl methyl sites for hydroxylation is 1. The van der Waals surface area contributed by atoms with E-state index in [1.807, 2.05) is 13.0 Å². The van der Waals surface area contributed by atoms with Crippen molar-refractivity contribution in [3.63, 3.8) is 0 Å². The number of nitrogens with two attached hydrogens (primary N) is 1. The number of nitrogen functional groups attached to an aromatic ring is 1. The maximum absolute atomic E-state index is 11.2. The van der Waals surface area contributed by atoms with Crippen molar-refractivity contribution in [2.24, 2.45) is 5.84 Å². The Morgan fingerprint density at radius 3 is 2.86 bits per heavy atom. The molecule has 0 aromatic carbocycles. The Balaban J connectivity index is 2.24. The molecule has 9 heteroatoms. The first kappa shape index (κ1) is 14.7. The van der Waals surface area contributed by atoms with Gasteiger partial charge in [-0.15, -0.1) is 0 Å². The predicted octanol–water partition coefficient (Wildman–Crippen LogP) is 1.61. The Labute approximate surface area is 120 Å². The van der Waals surface area contributed by atoms with Crippen molar-refractivity contribution in [2.45, 2.75) is 26.3 Å². The number of furan rings is 1. The molecule has 0 saturated heterocycles. The van der Waals surface area contributed by atoms with Crippen molar-refractivity contribution >= 4 is 17.5 Å². The van der Waals surface area contributed by atoms with Gasteiger partial charge in [0.1, 0.15) is 11.5 Å². The zero-order chi connectivity index (χ0) is 15.4. The van der Waals surface area contributed by atoms with E-state index >= 15 is 0 Å². The van der Waals surface area contributed by atoms with Gasteiger partial charge in [0.25, 0.3) is 0 Å². The minimum absolute atomic E-state index is 0.116. The molecule has 0 bridgehead atoms. The van der Waals surface area contributed by atoms with E-state index in [4.69, 9.17) is 10.3 Å². The van der Waals surface area contributed by atoms with Crippen LogP contribution in [0.1, 0.15) is 18.4 Å². The van der Waals surface area contributed by atoms with Crippen molar-refractivity contribution in [1.29, 1.82) is 0 Å². The number of anilines is 2. The van der Waals surface area contributed by atoms with Crippen LogP contribution in [0.4, 0.5) is 17.5 Å².